The van der Waals surface area contributed by atoms with Crippen molar-refractivity contribution in [2.24, 2.45) is 5.73 Å². The van der Waals surface area contributed by atoms with Gasteiger partial charge >= 0.3 is 12.3 Å². The molecule has 0 bridgehead atoms. The zero-order valence-corrected chi connectivity index (χ0v) is 5.89. The van der Waals surface area contributed by atoms with Gasteiger partial charge in [-0.15, -0.1) is 0 Å². The number of hydrogen-bond acceptors (Lipinski definition) is 5. The van der Waals surface area contributed by atoms with E-state index >= 15 is 0 Å². The quantitative estimate of drug-likeness (QED) is 0.394. The number of nitrogens with two attached hydrogens (primary N) is 1. The Hall–Kier alpha value is -1.50. The monoisotopic (exact) mass is 177 g/mol. The maximum Gasteiger partial charge on any atom is 0.507 e. The van der Waals surface area contributed by atoms with Crippen molar-refractivity contribution >= 4 is 12.3 Å². The van der Waals surface area contributed by atoms with Gasteiger partial charge in [0.25, 0.3) is 0 Å². The smallest absolute Gasteiger partial charge is 0.450 e. The van der Waals surface area contributed by atoms with E-state index in [0.717, 1.165) is 0 Å². The minimum Gasteiger partial charge on any atom is -0.450 e. The molecule has 0 radical (unpaired) electrons. The van der Waals surface area contributed by atoms with Crippen LogP contribution < -0.4 is 5.73 Å². The van der Waals surface area contributed by atoms with Crippen molar-refractivity contribution in [2.45, 2.75) is 18.2 Å². The van der Waals surface area contributed by atoms with Crippen molar-refractivity contribution in [3.05, 3.63) is 0 Å². The second kappa shape index (κ2) is 2.52. The van der Waals surface area contributed by atoms with Gasteiger partial charge in [-0.2, -0.15) is 0 Å². The Morgan fingerprint density at radius 3 is 2.42 bits per heavy atom. The summed E-state index contributed by atoms with van der Waals surface area (Å²) >= 11 is 0. The first-order chi connectivity index (χ1) is 5.44. The standard InChI is InChI=1S/C5H7NO6/c6-5(12-4(9)10)1-2(5)11-3(7)8/h2H,1,6H2,(H,7,8)(H,9,10). The SMILES string of the molecule is NC1(OC(=O)O)CC1OC(=O)O. The molecule has 2 unspecified atom stereocenters. The molecule has 7 nitrogen and oxygen atoms in total. The Bertz CT molecular complexity index is 228. The molecule has 0 heterocycles. The highest BCUT2D eigenvalue weighted by molar-refractivity contribution is 5.60. The Labute approximate surface area is 66.7 Å². The van der Waals surface area contributed by atoms with Crippen molar-refractivity contribution in [2.75, 3.05) is 0 Å². The number of rotatable bonds is 2. The molecule has 0 saturated heterocycles. The average Bonchev–Trinajstić information content (AvgIpc) is 2.36. The van der Waals surface area contributed by atoms with Crippen LogP contribution in [0.1, 0.15) is 6.42 Å². The maximum absolute atomic E-state index is 9.98. The van der Waals surface area contributed by atoms with E-state index in [2.05, 4.69) is 9.47 Å². The fourth-order valence-corrected chi connectivity index (χ4v) is 0.764. The Morgan fingerprint density at radius 2 is 2.00 bits per heavy atom. The highest BCUT2D eigenvalue weighted by Crippen LogP contribution is 2.37. The van der Waals surface area contributed by atoms with Gasteiger partial charge in [-0.1, -0.05) is 0 Å². The predicted molar refractivity (Wildman–Crippen MR) is 33.5 cm³/mol. The van der Waals surface area contributed by atoms with Crippen molar-refractivity contribution in [3.8, 4) is 0 Å². The van der Waals surface area contributed by atoms with E-state index < -0.39 is 24.1 Å². The Kier molecular flexibility index (Phi) is 1.81. The maximum atomic E-state index is 9.98. The molecule has 7 heteroatoms. The van der Waals surface area contributed by atoms with E-state index in [1.165, 1.54) is 0 Å². The molecule has 68 valence electrons. The molecule has 1 rings (SSSR count). The highest BCUT2D eigenvalue weighted by Gasteiger charge is 2.59. The van der Waals surface area contributed by atoms with E-state index in [4.69, 9.17) is 15.9 Å². The first-order valence-corrected chi connectivity index (χ1v) is 3.04. The van der Waals surface area contributed by atoms with Crippen LogP contribution in [-0.2, 0) is 9.47 Å². The van der Waals surface area contributed by atoms with Gasteiger partial charge < -0.3 is 19.7 Å². The van der Waals surface area contributed by atoms with E-state index in [9.17, 15) is 9.59 Å². The van der Waals surface area contributed by atoms with Crippen molar-refractivity contribution in [3.63, 3.8) is 0 Å². The lowest BCUT2D eigenvalue weighted by atomic mass is 10.6. The molecule has 4 N–H and O–H groups in total. The minimum atomic E-state index is -1.55. The molecular weight excluding hydrogens is 170 g/mol. The summed E-state index contributed by atoms with van der Waals surface area (Å²) in [6, 6.07) is 0. The molecule has 0 aromatic heterocycles. The first kappa shape index (κ1) is 8.60. The molecule has 0 aliphatic heterocycles. The summed E-state index contributed by atoms with van der Waals surface area (Å²) < 4.78 is 8.35. The number of carbonyl (C=O) groups is 2. The third-order valence-electron chi connectivity index (χ3n) is 1.41. The number of ether oxygens (including phenoxy) is 2. The second-order valence-electron chi connectivity index (χ2n) is 2.40. The van der Waals surface area contributed by atoms with Crippen LogP contribution in [0.4, 0.5) is 9.59 Å². The van der Waals surface area contributed by atoms with Gasteiger partial charge in [0.15, 0.2) is 6.10 Å². The fourth-order valence-electron chi connectivity index (χ4n) is 0.764. The normalized spacial score (nSPS) is 32.2. The van der Waals surface area contributed by atoms with Crippen LogP contribution in [0.3, 0.4) is 0 Å². The summed E-state index contributed by atoms with van der Waals surface area (Å²) in [5.74, 6) is 0. The van der Waals surface area contributed by atoms with Crippen molar-refractivity contribution in [1.29, 1.82) is 0 Å². The highest BCUT2D eigenvalue weighted by atomic mass is 16.7. The topological polar surface area (TPSA) is 119 Å². The lowest BCUT2D eigenvalue weighted by Gasteiger charge is -2.08. The summed E-state index contributed by atoms with van der Waals surface area (Å²) in [5.41, 5.74) is 3.77. The van der Waals surface area contributed by atoms with Gasteiger partial charge in [0, 0.05) is 6.42 Å². The molecule has 0 aromatic carbocycles. The molecule has 1 fully saturated rings. The van der Waals surface area contributed by atoms with Crippen molar-refractivity contribution < 1.29 is 29.3 Å². The molecular formula is C5H7NO6. The lowest BCUT2D eigenvalue weighted by Crippen LogP contribution is -2.34. The van der Waals surface area contributed by atoms with Gasteiger partial charge in [-0.05, 0) is 0 Å². The largest absolute Gasteiger partial charge is 0.507 e. The van der Waals surface area contributed by atoms with Crippen LogP contribution in [0.5, 0.6) is 0 Å². The van der Waals surface area contributed by atoms with Gasteiger partial charge in [-0.25, -0.2) is 9.59 Å². The molecule has 0 aromatic rings. The van der Waals surface area contributed by atoms with E-state index in [0.29, 0.717) is 0 Å². The van der Waals surface area contributed by atoms with Gasteiger partial charge in [0.1, 0.15) is 0 Å². The summed E-state index contributed by atoms with van der Waals surface area (Å²) in [5, 5.41) is 16.2. The third-order valence-corrected chi connectivity index (χ3v) is 1.41. The molecule has 1 aliphatic carbocycles. The zero-order valence-electron chi connectivity index (χ0n) is 5.89. The van der Waals surface area contributed by atoms with E-state index in [-0.39, 0.29) is 6.42 Å². The van der Waals surface area contributed by atoms with E-state index in [1.807, 2.05) is 0 Å². The minimum absolute atomic E-state index is 0.0611. The van der Waals surface area contributed by atoms with Crippen molar-refractivity contribution in [1.82, 2.24) is 0 Å². The Balaban J connectivity index is 2.37. The molecule has 1 saturated carbocycles. The summed E-state index contributed by atoms with van der Waals surface area (Å²) in [7, 11) is 0. The molecule has 0 spiro atoms. The number of hydrogen-bond donors (Lipinski definition) is 3. The molecule has 1 aliphatic rings. The van der Waals surface area contributed by atoms with Crippen LogP contribution in [-0.4, -0.2) is 34.4 Å². The summed E-state index contributed by atoms with van der Waals surface area (Å²) in [6.07, 6.45) is -3.87. The summed E-state index contributed by atoms with van der Waals surface area (Å²) in [6.45, 7) is 0. The van der Waals surface area contributed by atoms with Crippen LogP contribution in [0.2, 0.25) is 0 Å². The Morgan fingerprint density at radius 1 is 1.42 bits per heavy atom. The molecule has 12 heavy (non-hydrogen) atoms. The molecule has 2 atom stereocenters. The fraction of sp³-hybridized carbons (Fsp3) is 0.600. The molecule has 0 amide bonds. The van der Waals surface area contributed by atoms with Gasteiger partial charge in [0.2, 0.25) is 5.72 Å². The number of carboxylic acid groups (broad SMARTS) is 2. The van der Waals surface area contributed by atoms with Gasteiger partial charge in [-0.3, -0.25) is 5.73 Å². The van der Waals surface area contributed by atoms with Crippen LogP contribution in [0, 0.1) is 0 Å². The second-order valence-corrected chi connectivity index (χ2v) is 2.40. The van der Waals surface area contributed by atoms with Gasteiger partial charge in [0.05, 0.1) is 0 Å². The summed E-state index contributed by atoms with van der Waals surface area (Å²) in [4.78, 5) is 19.9. The zero-order chi connectivity index (χ0) is 9.35. The third kappa shape index (κ3) is 1.76. The van der Waals surface area contributed by atoms with E-state index in [1.54, 1.807) is 0 Å². The average molecular weight is 177 g/mol. The van der Waals surface area contributed by atoms with Crippen LogP contribution in [0.15, 0.2) is 0 Å². The lowest BCUT2D eigenvalue weighted by molar-refractivity contribution is 0.00325. The van der Waals surface area contributed by atoms with Crippen LogP contribution >= 0.6 is 0 Å². The first-order valence-electron chi connectivity index (χ1n) is 3.04. The predicted octanol–water partition coefficient (Wildman–Crippen LogP) is -0.197. The van der Waals surface area contributed by atoms with Crippen LogP contribution in [0.25, 0.3) is 0 Å².